The van der Waals surface area contributed by atoms with Crippen molar-refractivity contribution in [1.29, 1.82) is 0 Å². The van der Waals surface area contributed by atoms with Crippen LogP contribution in [0.5, 0.6) is 0 Å². The number of hydrogen-bond acceptors (Lipinski definition) is 6. The van der Waals surface area contributed by atoms with Gasteiger partial charge in [0.2, 0.25) is 5.95 Å². The molecule has 2 aliphatic heterocycles. The molecule has 5 rings (SSSR count). The summed E-state index contributed by atoms with van der Waals surface area (Å²) in [7, 11) is 0. The monoisotopic (exact) mass is 407 g/mol. The Labute approximate surface area is 177 Å². The predicted octanol–water partition coefficient (Wildman–Crippen LogP) is 2.45. The molecule has 0 bridgehead atoms. The number of aromatic nitrogens is 2. The van der Waals surface area contributed by atoms with Crippen LogP contribution in [0.1, 0.15) is 41.2 Å². The molecule has 2 aromatic rings. The fourth-order valence-corrected chi connectivity index (χ4v) is 4.22. The zero-order valence-corrected chi connectivity index (χ0v) is 17.3. The summed E-state index contributed by atoms with van der Waals surface area (Å²) < 4.78 is 5.49. The summed E-state index contributed by atoms with van der Waals surface area (Å²) in [6, 6.07) is 12.5. The molecule has 2 saturated heterocycles. The first-order chi connectivity index (χ1) is 14.8. The van der Waals surface area contributed by atoms with Gasteiger partial charge >= 0.3 is 0 Å². The van der Waals surface area contributed by atoms with Crippen LogP contribution in [0, 0.1) is 5.92 Å². The number of nitrogens with one attached hydrogen (secondary N) is 1. The number of anilines is 2. The number of amides is 1. The molecule has 1 aliphatic carbocycles. The van der Waals surface area contributed by atoms with Crippen molar-refractivity contribution in [2.24, 2.45) is 5.92 Å². The van der Waals surface area contributed by atoms with Crippen LogP contribution >= 0.6 is 0 Å². The lowest BCUT2D eigenvalue weighted by Gasteiger charge is -2.29. The largest absolute Gasteiger partial charge is 0.378 e. The molecule has 0 spiro atoms. The average Bonchev–Trinajstić information content (AvgIpc) is 3.51. The maximum Gasteiger partial charge on any atom is 0.270 e. The van der Waals surface area contributed by atoms with Crippen LogP contribution < -0.4 is 15.1 Å². The van der Waals surface area contributed by atoms with Gasteiger partial charge in [-0.05, 0) is 30.7 Å². The molecular formula is C23H29N5O2. The van der Waals surface area contributed by atoms with Crippen LogP contribution in [0.4, 0.5) is 11.8 Å². The third kappa shape index (κ3) is 4.41. The van der Waals surface area contributed by atoms with Crippen molar-refractivity contribution in [2.75, 3.05) is 55.7 Å². The summed E-state index contributed by atoms with van der Waals surface area (Å²) in [5.74, 6) is 2.49. The Bertz CT molecular complexity index is 880. The Balaban J connectivity index is 1.38. The fraction of sp³-hybridized carbons (Fsp3) is 0.522. The van der Waals surface area contributed by atoms with E-state index in [1.807, 2.05) is 6.07 Å². The lowest BCUT2D eigenvalue weighted by molar-refractivity contribution is 0.0946. The zero-order valence-electron chi connectivity index (χ0n) is 17.3. The minimum Gasteiger partial charge on any atom is -0.378 e. The highest BCUT2D eigenvalue weighted by Gasteiger charge is 2.28. The van der Waals surface area contributed by atoms with E-state index in [1.54, 1.807) is 0 Å². The fourth-order valence-electron chi connectivity index (χ4n) is 4.22. The molecule has 7 nitrogen and oxygen atoms in total. The molecule has 0 radical (unpaired) electrons. The number of hydrogen-bond donors (Lipinski definition) is 1. The number of nitrogens with zero attached hydrogens (tertiary/aromatic N) is 4. The van der Waals surface area contributed by atoms with Crippen LogP contribution in [0.3, 0.4) is 0 Å². The van der Waals surface area contributed by atoms with Gasteiger partial charge in [-0.15, -0.1) is 0 Å². The lowest BCUT2D eigenvalue weighted by Crippen LogP contribution is -2.37. The summed E-state index contributed by atoms with van der Waals surface area (Å²) in [6.45, 7) is 5.45. The molecule has 158 valence electrons. The van der Waals surface area contributed by atoms with E-state index in [4.69, 9.17) is 9.72 Å². The first kappa shape index (κ1) is 19.3. The minimum atomic E-state index is -0.0983. The van der Waals surface area contributed by atoms with E-state index in [-0.39, 0.29) is 5.91 Å². The van der Waals surface area contributed by atoms with Crippen LogP contribution in [0.15, 0.2) is 36.4 Å². The van der Waals surface area contributed by atoms with E-state index in [9.17, 15) is 4.79 Å². The molecule has 1 saturated carbocycles. The van der Waals surface area contributed by atoms with Crippen molar-refractivity contribution in [1.82, 2.24) is 15.3 Å². The Morgan fingerprint density at radius 2 is 1.83 bits per heavy atom. The Hall–Kier alpha value is -2.67. The third-order valence-corrected chi connectivity index (χ3v) is 6.26. The molecular weight excluding hydrogens is 378 g/mol. The molecule has 3 heterocycles. The molecule has 1 aromatic heterocycles. The van der Waals surface area contributed by atoms with Crippen molar-refractivity contribution in [2.45, 2.75) is 25.2 Å². The second kappa shape index (κ2) is 8.60. The number of ether oxygens (including phenoxy) is 1. The first-order valence-corrected chi connectivity index (χ1v) is 11.1. The van der Waals surface area contributed by atoms with Crippen LogP contribution in [-0.4, -0.2) is 61.8 Å². The van der Waals surface area contributed by atoms with Gasteiger partial charge in [-0.2, -0.15) is 4.98 Å². The second-order valence-electron chi connectivity index (χ2n) is 8.51. The van der Waals surface area contributed by atoms with Crippen molar-refractivity contribution >= 4 is 17.7 Å². The van der Waals surface area contributed by atoms with Gasteiger partial charge in [-0.1, -0.05) is 30.3 Å². The third-order valence-electron chi connectivity index (χ3n) is 6.26. The van der Waals surface area contributed by atoms with Crippen molar-refractivity contribution < 1.29 is 9.53 Å². The standard InChI is InChI=1S/C23H29N5O2/c29-22(24-15-17-6-7-17)20-14-21(27-10-12-30-13-11-27)26-23(25-20)28-9-8-19(16-28)18-4-2-1-3-5-18/h1-5,14,17,19H,6-13,15-16H2,(H,24,29). The molecule has 1 unspecified atom stereocenters. The zero-order chi connectivity index (χ0) is 20.3. The van der Waals surface area contributed by atoms with Gasteiger partial charge in [0.1, 0.15) is 11.5 Å². The highest BCUT2D eigenvalue weighted by Crippen LogP contribution is 2.30. The van der Waals surface area contributed by atoms with Crippen LogP contribution in [-0.2, 0) is 4.74 Å². The number of carbonyl (C=O) groups is 1. The molecule has 1 atom stereocenters. The summed E-state index contributed by atoms with van der Waals surface area (Å²) in [5, 5.41) is 3.05. The molecule has 1 amide bonds. The Morgan fingerprint density at radius 3 is 2.60 bits per heavy atom. The highest BCUT2D eigenvalue weighted by atomic mass is 16.5. The molecule has 3 fully saturated rings. The smallest absolute Gasteiger partial charge is 0.270 e. The number of benzene rings is 1. The maximum absolute atomic E-state index is 12.8. The molecule has 1 aromatic carbocycles. The molecule has 3 aliphatic rings. The highest BCUT2D eigenvalue weighted by molar-refractivity contribution is 5.93. The van der Waals surface area contributed by atoms with E-state index in [1.165, 1.54) is 18.4 Å². The lowest BCUT2D eigenvalue weighted by atomic mass is 9.99. The molecule has 7 heteroatoms. The van der Waals surface area contributed by atoms with Crippen molar-refractivity contribution in [3.05, 3.63) is 47.7 Å². The van der Waals surface area contributed by atoms with Crippen molar-refractivity contribution in [3.63, 3.8) is 0 Å². The van der Waals surface area contributed by atoms with E-state index in [2.05, 4.69) is 50.4 Å². The second-order valence-corrected chi connectivity index (χ2v) is 8.51. The Morgan fingerprint density at radius 1 is 1.03 bits per heavy atom. The van der Waals surface area contributed by atoms with Gasteiger partial charge in [-0.25, -0.2) is 4.98 Å². The van der Waals surface area contributed by atoms with E-state index < -0.39 is 0 Å². The molecule has 30 heavy (non-hydrogen) atoms. The quantitative estimate of drug-likeness (QED) is 0.793. The van der Waals surface area contributed by atoms with Crippen LogP contribution in [0.25, 0.3) is 0 Å². The van der Waals surface area contributed by atoms with Gasteiger partial charge in [0.05, 0.1) is 13.2 Å². The topological polar surface area (TPSA) is 70.6 Å². The summed E-state index contributed by atoms with van der Waals surface area (Å²) >= 11 is 0. The summed E-state index contributed by atoms with van der Waals surface area (Å²) in [5.41, 5.74) is 1.82. The van der Waals surface area contributed by atoms with E-state index in [0.717, 1.165) is 45.0 Å². The maximum atomic E-state index is 12.8. The summed E-state index contributed by atoms with van der Waals surface area (Å²) in [6.07, 6.45) is 3.49. The van der Waals surface area contributed by atoms with Gasteiger partial charge in [0.15, 0.2) is 0 Å². The van der Waals surface area contributed by atoms with Gasteiger partial charge in [-0.3, -0.25) is 4.79 Å². The van der Waals surface area contributed by atoms with Gasteiger partial charge in [0, 0.05) is 44.7 Å². The Kier molecular flexibility index (Phi) is 5.53. The average molecular weight is 408 g/mol. The summed E-state index contributed by atoms with van der Waals surface area (Å²) in [4.78, 5) is 26.8. The predicted molar refractivity (Wildman–Crippen MR) is 116 cm³/mol. The van der Waals surface area contributed by atoms with Gasteiger partial charge < -0.3 is 19.9 Å². The van der Waals surface area contributed by atoms with E-state index in [0.29, 0.717) is 36.7 Å². The van der Waals surface area contributed by atoms with Gasteiger partial charge in [0.25, 0.3) is 5.91 Å². The van der Waals surface area contributed by atoms with Crippen molar-refractivity contribution in [3.8, 4) is 0 Å². The SMILES string of the molecule is O=C(NCC1CC1)c1cc(N2CCOCC2)nc(N2CCC(c3ccccc3)C2)n1. The molecule has 1 N–H and O–H groups in total. The number of morpholine rings is 1. The normalized spacial score (nSPS) is 21.7. The van der Waals surface area contributed by atoms with E-state index >= 15 is 0 Å². The number of carbonyl (C=O) groups excluding carboxylic acids is 1. The first-order valence-electron chi connectivity index (χ1n) is 11.1. The van der Waals surface area contributed by atoms with Crippen LogP contribution in [0.2, 0.25) is 0 Å². The number of rotatable bonds is 6. The minimum absolute atomic E-state index is 0.0983.